The van der Waals surface area contributed by atoms with Crippen LogP contribution in [-0.2, 0) is 6.54 Å². The fourth-order valence-electron chi connectivity index (χ4n) is 3.07. The fraction of sp³-hybridized carbons (Fsp3) is 0.800. The molecule has 0 bridgehead atoms. The van der Waals surface area contributed by atoms with Crippen LogP contribution in [0.1, 0.15) is 52.4 Å². The van der Waals surface area contributed by atoms with Crippen LogP contribution in [0.25, 0.3) is 0 Å². The van der Waals surface area contributed by atoms with E-state index in [1.54, 1.807) is 11.0 Å². The summed E-state index contributed by atoms with van der Waals surface area (Å²) in [5, 5.41) is 10.1. The van der Waals surface area contributed by atoms with E-state index < -0.39 is 0 Å². The highest BCUT2D eigenvalue weighted by Crippen LogP contribution is 2.40. The van der Waals surface area contributed by atoms with Gasteiger partial charge in [-0.3, -0.25) is 4.68 Å². The average Bonchev–Trinajstić information content (AvgIpc) is 3.15. The first-order valence-electron chi connectivity index (χ1n) is 8.00. The van der Waals surface area contributed by atoms with E-state index in [-0.39, 0.29) is 12.1 Å². The Morgan fingerprint density at radius 1 is 1.43 bits per heavy atom. The third-order valence-electron chi connectivity index (χ3n) is 4.67. The van der Waals surface area contributed by atoms with Crippen molar-refractivity contribution in [2.24, 2.45) is 5.41 Å². The second-order valence-corrected chi connectivity index (χ2v) is 6.24. The molecule has 1 saturated carbocycles. The van der Waals surface area contributed by atoms with Gasteiger partial charge in [-0.1, -0.05) is 19.8 Å². The van der Waals surface area contributed by atoms with Gasteiger partial charge < -0.3 is 10.6 Å². The van der Waals surface area contributed by atoms with Crippen LogP contribution in [0, 0.1) is 5.41 Å². The number of hydrogen-bond acceptors (Lipinski definition) is 3. The van der Waals surface area contributed by atoms with Crippen LogP contribution >= 0.6 is 0 Å². The molecule has 6 heteroatoms. The third-order valence-corrected chi connectivity index (χ3v) is 4.67. The molecule has 2 rings (SSSR count). The second-order valence-electron chi connectivity index (χ2n) is 6.24. The van der Waals surface area contributed by atoms with Crippen LogP contribution in [0.5, 0.6) is 0 Å². The van der Waals surface area contributed by atoms with Gasteiger partial charge in [0, 0.05) is 19.1 Å². The zero-order valence-corrected chi connectivity index (χ0v) is 13.1. The van der Waals surface area contributed by atoms with Crippen molar-refractivity contribution in [2.45, 2.75) is 65.0 Å². The van der Waals surface area contributed by atoms with Crippen LogP contribution in [0.15, 0.2) is 12.7 Å². The molecule has 21 heavy (non-hydrogen) atoms. The van der Waals surface area contributed by atoms with E-state index >= 15 is 0 Å². The highest BCUT2D eigenvalue weighted by molar-refractivity contribution is 5.74. The molecule has 0 radical (unpaired) electrons. The lowest BCUT2D eigenvalue weighted by molar-refractivity contribution is 0.221. The molecule has 0 aliphatic heterocycles. The van der Waals surface area contributed by atoms with Gasteiger partial charge in [0.1, 0.15) is 12.7 Å². The summed E-state index contributed by atoms with van der Waals surface area (Å²) in [5.41, 5.74) is 0.335. The van der Waals surface area contributed by atoms with Crippen LogP contribution < -0.4 is 10.6 Å². The summed E-state index contributed by atoms with van der Waals surface area (Å²) in [4.78, 5) is 15.9. The summed E-state index contributed by atoms with van der Waals surface area (Å²) in [6.45, 7) is 5.80. The Hall–Kier alpha value is -1.59. The molecule has 1 aliphatic rings. The standard InChI is InChI=1S/C15H27N5O/c1-3-15(7-4-5-8-15)10-17-14(21)19-13(2)6-9-20-12-16-11-18-20/h11-13H,3-10H2,1-2H3,(H2,17,19,21)/t13-/m0/s1. The van der Waals surface area contributed by atoms with Gasteiger partial charge in [-0.25, -0.2) is 9.78 Å². The maximum atomic E-state index is 12.0. The van der Waals surface area contributed by atoms with E-state index in [4.69, 9.17) is 0 Å². The Bertz CT molecular complexity index is 425. The maximum Gasteiger partial charge on any atom is 0.315 e. The van der Waals surface area contributed by atoms with Gasteiger partial charge in [-0.05, 0) is 38.0 Å². The fourth-order valence-corrected chi connectivity index (χ4v) is 3.07. The van der Waals surface area contributed by atoms with Crippen molar-refractivity contribution in [3.63, 3.8) is 0 Å². The lowest BCUT2D eigenvalue weighted by atomic mass is 9.83. The second kappa shape index (κ2) is 7.43. The molecule has 1 aromatic heterocycles. The average molecular weight is 293 g/mol. The quantitative estimate of drug-likeness (QED) is 0.810. The van der Waals surface area contributed by atoms with Gasteiger partial charge in [0.05, 0.1) is 0 Å². The minimum Gasteiger partial charge on any atom is -0.338 e. The molecule has 1 aromatic rings. The van der Waals surface area contributed by atoms with Crippen LogP contribution in [0.3, 0.4) is 0 Å². The number of carbonyl (C=O) groups excluding carboxylic acids is 1. The lowest BCUT2D eigenvalue weighted by Gasteiger charge is -2.28. The molecule has 0 saturated heterocycles. The summed E-state index contributed by atoms with van der Waals surface area (Å²) >= 11 is 0. The normalized spacial score (nSPS) is 18.4. The Balaban J connectivity index is 1.66. The highest BCUT2D eigenvalue weighted by atomic mass is 16.2. The van der Waals surface area contributed by atoms with E-state index in [1.807, 2.05) is 6.92 Å². The molecule has 0 aromatic carbocycles. The Morgan fingerprint density at radius 3 is 2.81 bits per heavy atom. The Labute approximate surface area is 126 Å². The molecule has 2 N–H and O–H groups in total. The first kappa shape index (κ1) is 15.8. The van der Waals surface area contributed by atoms with Gasteiger partial charge in [0.25, 0.3) is 0 Å². The zero-order valence-electron chi connectivity index (χ0n) is 13.1. The van der Waals surface area contributed by atoms with Gasteiger partial charge in [0.2, 0.25) is 0 Å². The summed E-state index contributed by atoms with van der Waals surface area (Å²) in [6, 6.07) is 0.0659. The van der Waals surface area contributed by atoms with Crippen molar-refractivity contribution >= 4 is 6.03 Å². The summed E-state index contributed by atoms with van der Waals surface area (Å²) in [7, 11) is 0. The monoisotopic (exact) mass is 293 g/mol. The van der Waals surface area contributed by atoms with Crippen molar-refractivity contribution in [3.05, 3.63) is 12.7 Å². The van der Waals surface area contributed by atoms with Gasteiger partial charge in [-0.2, -0.15) is 5.10 Å². The predicted octanol–water partition coefficient (Wildman–Crippen LogP) is 2.33. The van der Waals surface area contributed by atoms with Crippen molar-refractivity contribution < 1.29 is 4.79 Å². The number of carbonyl (C=O) groups is 1. The topological polar surface area (TPSA) is 71.8 Å². The van der Waals surface area contributed by atoms with Crippen LogP contribution in [0.4, 0.5) is 4.79 Å². The molecule has 6 nitrogen and oxygen atoms in total. The minimum atomic E-state index is -0.0548. The van der Waals surface area contributed by atoms with Crippen molar-refractivity contribution in [1.29, 1.82) is 0 Å². The van der Waals surface area contributed by atoms with Crippen molar-refractivity contribution in [1.82, 2.24) is 25.4 Å². The smallest absolute Gasteiger partial charge is 0.315 e. The molecule has 1 aliphatic carbocycles. The lowest BCUT2D eigenvalue weighted by Crippen LogP contribution is -2.45. The molecule has 118 valence electrons. The Kier molecular flexibility index (Phi) is 5.59. The largest absolute Gasteiger partial charge is 0.338 e. The van der Waals surface area contributed by atoms with Gasteiger partial charge in [-0.15, -0.1) is 0 Å². The SMILES string of the molecule is CCC1(CNC(=O)N[C@@H](C)CCn2cncn2)CCCC1. The maximum absolute atomic E-state index is 12.0. The Morgan fingerprint density at radius 2 is 2.19 bits per heavy atom. The summed E-state index contributed by atoms with van der Waals surface area (Å²) in [6.07, 6.45) is 10.3. The molecule has 0 spiro atoms. The first-order chi connectivity index (χ1) is 10.1. The van der Waals surface area contributed by atoms with Crippen LogP contribution in [0.2, 0.25) is 0 Å². The molecule has 0 unspecified atom stereocenters. The van der Waals surface area contributed by atoms with Crippen molar-refractivity contribution in [3.8, 4) is 0 Å². The van der Waals surface area contributed by atoms with E-state index in [2.05, 4.69) is 27.6 Å². The van der Waals surface area contributed by atoms with E-state index in [1.165, 1.54) is 32.0 Å². The molecule has 1 atom stereocenters. The highest BCUT2D eigenvalue weighted by Gasteiger charge is 2.32. The molecular weight excluding hydrogens is 266 g/mol. The number of nitrogens with one attached hydrogen (secondary N) is 2. The molecule has 1 heterocycles. The predicted molar refractivity (Wildman–Crippen MR) is 81.8 cm³/mol. The van der Waals surface area contributed by atoms with E-state index in [0.717, 1.165) is 25.9 Å². The van der Waals surface area contributed by atoms with Gasteiger partial charge in [0.15, 0.2) is 0 Å². The summed E-state index contributed by atoms with van der Waals surface area (Å²) < 4.78 is 1.78. The van der Waals surface area contributed by atoms with Gasteiger partial charge >= 0.3 is 6.03 Å². The molecule has 1 fully saturated rings. The number of amides is 2. The molecule has 2 amide bonds. The van der Waals surface area contributed by atoms with Crippen molar-refractivity contribution in [2.75, 3.05) is 6.54 Å². The number of aromatic nitrogens is 3. The number of nitrogens with zero attached hydrogens (tertiary/aromatic N) is 3. The molecular formula is C15H27N5O. The minimum absolute atomic E-state index is 0.0548. The van der Waals surface area contributed by atoms with E-state index in [9.17, 15) is 4.79 Å². The van der Waals surface area contributed by atoms with E-state index in [0.29, 0.717) is 5.41 Å². The summed E-state index contributed by atoms with van der Waals surface area (Å²) in [5.74, 6) is 0. The third kappa shape index (κ3) is 4.72. The number of hydrogen-bond donors (Lipinski definition) is 2. The zero-order chi connectivity index (χ0) is 15.1. The number of aryl methyl sites for hydroxylation is 1. The number of rotatable bonds is 7. The first-order valence-corrected chi connectivity index (χ1v) is 8.00. The number of urea groups is 1. The van der Waals surface area contributed by atoms with Crippen LogP contribution in [-0.4, -0.2) is 33.4 Å².